The summed E-state index contributed by atoms with van der Waals surface area (Å²) in [6.07, 6.45) is 2.45. The van der Waals surface area contributed by atoms with Crippen LogP contribution in [0.1, 0.15) is 12.8 Å². The van der Waals surface area contributed by atoms with Gasteiger partial charge in [0.2, 0.25) is 0 Å². The van der Waals surface area contributed by atoms with Crippen molar-refractivity contribution in [3.05, 3.63) is 24.3 Å². The fourth-order valence-corrected chi connectivity index (χ4v) is 2.40. The van der Waals surface area contributed by atoms with Gasteiger partial charge in [0.15, 0.2) is 0 Å². The molecule has 2 N–H and O–H groups in total. The van der Waals surface area contributed by atoms with Crippen molar-refractivity contribution in [2.45, 2.75) is 18.9 Å². The standard InChI is InChI=1S/C13H21N3/c1-15(2)11-7-9-16(10-8-11)13-6-4-3-5-12(13)14/h3-6,11H,7-10,14H2,1-2H3. The summed E-state index contributed by atoms with van der Waals surface area (Å²) in [6, 6.07) is 8.87. The monoisotopic (exact) mass is 219 g/mol. The molecule has 3 nitrogen and oxygen atoms in total. The third-order valence-electron chi connectivity index (χ3n) is 3.47. The van der Waals surface area contributed by atoms with E-state index in [0.29, 0.717) is 0 Å². The number of nitrogen functional groups attached to an aromatic ring is 1. The van der Waals surface area contributed by atoms with Crippen LogP contribution in [0.4, 0.5) is 11.4 Å². The molecule has 0 spiro atoms. The average Bonchev–Trinajstić information content (AvgIpc) is 2.30. The lowest BCUT2D eigenvalue weighted by atomic mass is 10.0. The molecule has 1 fully saturated rings. The maximum absolute atomic E-state index is 5.99. The Morgan fingerprint density at radius 2 is 1.81 bits per heavy atom. The molecule has 0 aliphatic carbocycles. The smallest absolute Gasteiger partial charge is 0.0599 e. The van der Waals surface area contributed by atoms with Gasteiger partial charge in [-0.25, -0.2) is 0 Å². The summed E-state index contributed by atoms with van der Waals surface area (Å²) in [5.74, 6) is 0. The van der Waals surface area contributed by atoms with Crippen LogP contribution in [0.15, 0.2) is 24.3 Å². The summed E-state index contributed by atoms with van der Waals surface area (Å²) in [5.41, 5.74) is 8.08. The minimum atomic E-state index is 0.723. The fraction of sp³-hybridized carbons (Fsp3) is 0.538. The van der Waals surface area contributed by atoms with Crippen molar-refractivity contribution in [3.8, 4) is 0 Å². The van der Waals surface area contributed by atoms with E-state index in [1.807, 2.05) is 12.1 Å². The number of nitrogens with zero attached hydrogens (tertiary/aromatic N) is 2. The first-order valence-corrected chi connectivity index (χ1v) is 5.94. The molecule has 1 heterocycles. The fourth-order valence-electron chi connectivity index (χ4n) is 2.40. The van der Waals surface area contributed by atoms with Crippen molar-refractivity contribution >= 4 is 11.4 Å². The summed E-state index contributed by atoms with van der Waals surface area (Å²) < 4.78 is 0. The highest BCUT2D eigenvalue weighted by Crippen LogP contribution is 2.26. The van der Waals surface area contributed by atoms with E-state index >= 15 is 0 Å². The van der Waals surface area contributed by atoms with Gasteiger partial charge in [-0.2, -0.15) is 0 Å². The van der Waals surface area contributed by atoms with Crippen molar-refractivity contribution < 1.29 is 0 Å². The second-order valence-corrected chi connectivity index (χ2v) is 4.74. The summed E-state index contributed by atoms with van der Waals surface area (Å²) in [4.78, 5) is 4.72. The Morgan fingerprint density at radius 1 is 1.19 bits per heavy atom. The zero-order valence-corrected chi connectivity index (χ0v) is 10.2. The molecular formula is C13H21N3. The van der Waals surface area contributed by atoms with E-state index in [9.17, 15) is 0 Å². The lowest BCUT2D eigenvalue weighted by molar-refractivity contribution is 0.250. The Morgan fingerprint density at radius 3 is 2.38 bits per heavy atom. The van der Waals surface area contributed by atoms with Crippen LogP contribution in [-0.2, 0) is 0 Å². The Bertz CT molecular complexity index is 341. The minimum Gasteiger partial charge on any atom is -0.397 e. The maximum Gasteiger partial charge on any atom is 0.0599 e. The number of piperidine rings is 1. The Kier molecular flexibility index (Phi) is 3.34. The molecular weight excluding hydrogens is 198 g/mol. The summed E-state index contributed by atoms with van der Waals surface area (Å²) in [7, 11) is 4.33. The average molecular weight is 219 g/mol. The van der Waals surface area contributed by atoms with Crippen LogP contribution in [0, 0.1) is 0 Å². The molecule has 0 saturated carbocycles. The van der Waals surface area contributed by atoms with Crippen LogP contribution in [0.2, 0.25) is 0 Å². The van der Waals surface area contributed by atoms with Crippen molar-refractivity contribution in [2.24, 2.45) is 0 Å². The molecule has 0 aromatic heterocycles. The molecule has 1 saturated heterocycles. The third kappa shape index (κ3) is 2.30. The Hall–Kier alpha value is -1.22. The first-order chi connectivity index (χ1) is 7.68. The molecule has 0 bridgehead atoms. The van der Waals surface area contributed by atoms with Gasteiger partial charge in [0.05, 0.1) is 11.4 Å². The van der Waals surface area contributed by atoms with Gasteiger partial charge < -0.3 is 15.5 Å². The topological polar surface area (TPSA) is 32.5 Å². The van der Waals surface area contributed by atoms with Crippen LogP contribution in [0.25, 0.3) is 0 Å². The molecule has 0 unspecified atom stereocenters. The highest BCUT2D eigenvalue weighted by molar-refractivity contribution is 5.67. The second kappa shape index (κ2) is 4.74. The normalized spacial score (nSPS) is 18.1. The van der Waals surface area contributed by atoms with E-state index in [2.05, 4.69) is 36.0 Å². The van der Waals surface area contributed by atoms with E-state index < -0.39 is 0 Å². The van der Waals surface area contributed by atoms with Gasteiger partial charge in [-0.05, 0) is 39.1 Å². The number of anilines is 2. The highest BCUT2D eigenvalue weighted by Gasteiger charge is 2.21. The molecule has 0 radical (unpaired) electrons. The number of hydrogen-bond acceptors (Lipinski definition) is 3. The van der Waals surface area contributed by atoms with E-state index in [-0.39, 0.29) is 0 Å². The Labute approximate surface area is 97.8 Å². The van der Waals surface area contributed by atoms with E-state index in [4.69, 9.17) is 5.73 Å². The molecule has 1 aliphatic rings. The van der Waals surface area contributed by atoms with Crippen molar-refractivity contribution in [3.63, 3.8) is 0 Å². The molecule has 3 heteroatoms. The minimum absolute atomic E-state index is 0.723. The number of benzene rings is 1. The molecule has 2 rings (SSSR count). The van der Waals surface area contributed by atoms with Gasteiger partial charge in [0, 0.05) is 19.1 Å². The van der Waals surface area contributed by atoms with E-state index in [1.54, 1.807) is 0 Å². The first kappa shape index (κ1) is 11.3. The van der Waals surface area contributed by atoms with E-state index in [1.165, 1.54) is 18.5 Å². The van der Waals surface area contributed by atoms with Gasteiger partial charge >= 0.3 is 0 Å². The SMILES string of the molecule is CN(C)C1CCN(c2ccccc2N)CC1. The molecule has 16 heavy (non-hydrogen) atoms. The van der Waals surface area contributed by atoms with Crippen LogP contribution in [0.3, 0.4) is 0 Å². The number of para-hydroxylation sites is 2. The van der Waals surface area contributed by atoms with Crippen LogP contribution < -0.4 is 10.6 Å². The lowest BCUT2D eigenvalue weighted by Crippen LogP contribution is -2.42. The second-order valence-electron chi connectivity index (χ2n) is 4.74. The van der Waals surface area contributed by atoms with E-state index in [0.717, 1.165) is 24.8 Å². The predicted octanol–water partition coefficient (Wildman–Crippen LogP) is 1.80. The Balaban J connectivity index is 2.02. The zero-order chi connectivity index (χ0) is 11.5. The zero-order valence-electron chi connectivity index (χ0n) is 10.2. The quantitative estimate of drug-likeness (QED) is 0.770. The van der Waals surface area contributed by atoms with Gasteiger partial charge in [0.25, 0.3) is 0 Å². The summed E-state index contributed by atoms with van der Waals surface area (Å²) >= 11 is 0. The van der Waals surface area contributed by atoms with Crippen LogP contribution >= 0.6 is 0 Å². The number of rotatable bonds is 2. The molecule has 1 aliphatic heterocycles. The maximum atomic E-state index is 5.99. The van der Waals surface area contributed by atoms with Crippen molar-refractivity contribution in [1.29, 1.82) is 0 Å². The molecule has 1 aromatic carbocycles. The van der Waals surface area contributed by atoms with Gasteiger partial charge in [0.1, 0.15) is 0 Å². The predicted molar refractivity (Wildman–Crippen MR) is 69.8 cm³/mol. The van der Waals surface area contributed by atoms with Crippen LogP contribution in [0.5, 0.6) is 0 Å². The summed E-state index contributed by atoms with van der Waals surface area (Å²) in [5, 5.41) is 0. The molecule has 0 atom stereocenters. The van der Waals surface area contributed by atoms with Gasteiger partial charge in [-0.1, -0.05) is 12.1 Å². The number of nitrogens with two attached hydrogens (primary N) is 1. The lowest BCUT2D eigenvalue weighted by Gasteiger charge is -2.36. The van der Waals surface area contributed by atoms with Crippen LogP contribution in [-0.4, -0.2) is 38.1 Å². The molecule has 1 aromatic rings. The summed E-state index contributed by atoms with van der Waals surface area (Å²) in [6.45, 7) is 2.22. The number of hydrogen-bond donors (Lipinski definition) is 1. The molecule has 0 amide bonds. The van der Waals surface area contributed by atoms with Crippen molar-refractivity contribution in [1.82, 2.24) is 4.90 Å². The largest absolute Gasteiger partial charge is 0.397 e. The van der Waals surface area contributed by atoms with Gasteiger partial charge in [-0.15, -0.1) is 0 Å². The third-order valence-corrected chi connectivity index (χ3v) is 3.47. The highest BCUT2D eigenvalue weighted by atomic mass is 15.2. The van der Waals surface area contributed by atoms with Gasteiger partial charge in [-0.3, -0.25) is 0 Å². The molecule has 88 valence electrons. The first-order valence-electron chi connectivity index (χ1n) is 5.94. The van der Waals surface area contributed by atoms with Crippen molar-refractivity contribution in [2.75, 3.05) is 37.8 Å².